The Balaban J connectivity index is 1.53. The first kappa shape index (κ1) is 28.7. The van der Waals surface area contributed by atoms with Gasteiger partial charge in [-0.2, -0.15) is 0 Å². The zero-order valence-electron chi connectivity index (χ0n) is 22.4. The van der Waals surface area contributed by atoms with E-state index in [2.05, 4.69) is 5.32 Å². The number of thiocarbonyl (C=S) groups is 1. The number of nitrogens with one attached hydrogen (secondary N) is 1. The summed E-state index contributed by atoms with van der Waals surface area (Å²) in [6.07, 6.45) is 1.73. The molecule has 39 heavy (non-hydrogen) atoms. The molecule has 0 atom stereocenters. The van der Waals surface area contributed by atoms with E-state index >= 15 is 0 Å². The lowest BCUT2D eigenvalue weighted by molar-refractivity contribution is -0.118. The standard InChI is InChI=1S/C30H29ClN2O4S2/c1-6-36-25-14-21(15-26-29(35)33(30(38)39-26)22-9-8-18(3)19(4)12-22)13-23(31)28(25)37-16-27(34)32-24-10-7-17(2)11-20(24)5/h7-15H,6,16H2,1-5H3,(H,32,34)/b26-15-. The zero-order chi connectivity index (χ0) is 28.3. The minimum atomic E-state index is -0.320. The van der Waals surface area contributed by atoms with Gasteiger partial charge in [-0.1, -0.05) is 59.3 Å². The fourth-order valence-corrected chi connectivity index (χ4v) is 5.63. The Bertz CT molecular complexity index is 1500. The van der Waals surface area contributed by atoms with Crippen molar-refractivity contribution in [3.05, 3.63) is 86.3 Å². The van der Waals surface area contributed by atoms with Crippen LogP contribution < -0.4 is 19.7 Å². The Morgan fingerprint density at radius 2 is 1.79 bits per heavy atom. The highest BCUT2D eigenvalue weighted by atomic mass is 35.5. The quantitative estimate of drug-likeness (QED) is 0.221. The number of halogens is 1. The Morgan fingerprint density at radius 1 is 1.03 bits per heavy atom. The highest BCUT2D eigenvalue weighted by Crippen LogP contribution is 2.40. The van der Waals surface area contributed by atoms with Crippen LogP contribution in [0.2, 0.25) is 5.02 Å². The molecule has 1 saturated heterocycles. The second-order valence-corrected chi connectivity index (χ2v) is 11.3. The molecule has 0 aliphatic carbocycles. The number of carbonyl (C=O) groups is 2. The molecule has 0 spiro atoms. The third-order valence-corrected chi connectivity index (χ3v) is 7.76. The lowest BCUT2D eigenvalue weighted by Crippen LogP contribution is -2.27. The van der Waals surface area contributed by atoms with E-state index in [0.717, 1.165) is 33.6 Å². The lowest BCUT2D eigenvalue weighted by Gasteiger charge is -2.16. The number of benzene rings is 3. The minimum Gasteiger partial charge on any atom is -0.490 e. The molecule has 3 aromatic carbocycles. The first-order chi connectivity index (χ1) is 18.6. The number of anilines is 2. The molecule has 0 bridgehead atoms. The Hall–Kier alpha value is -3.33. The van der Waals surface area contributed by atoms with E-state index in [9.17, 15) is 9.59 Å². The molecular weight excluding hydrogens is 552 g/mol. The second-order valence-electron chi connectivity index (χ2n) is 9.20. The van der Waals surface area contributed by atoms with Crippen molar-refractivity contribution in [3.63, 3.8) is 0 Å². The third-order valence-electron chi connectivity index (χ3n) is 6.18. The van der Waals surface area contributed by atoms with E-state index in [0.29, 0.717) is 27.1 Å². The third kappa shape index (κ3) is 6.64. The smallest absolute Gasteiger partial charge is 0.270 e. The van der Waals surface area contributed by atoms with Crippen molar-refractivity contribution in [3.8, 4) is 11.5 Å². The predicted octanol–water partition coefficient (Wildman–Crippen LogP) is 7.40. The van der Waals surface area contributed by atoms with Crippen LogP contribution in [-0.4, -0.2) is 29.3 Å². The van der Waals surface area contributed by atoms with Gasteiger partial charge in [0, 0.05) is 5.69 Å². The second kappa shape index (κ2) is 12.2. The van der Waals surface area contributed by atoms with Gasteiger partial charge in [0.2, 0.25) is 0 Å². The summed E-state index contributed by atoms with van der Waals surface area (Å²) in [5.74, 6) is 0.111. The molecule has 3 aromatic rings. The molecule has 1 aliphatic heterocycles. The normalized spacial score (nSPS) is 14.2. The monoisotopic (exact) mass is 580 g/mol. The van der Waals surface area contributed by atoms with Crippen molar-refractivity contribution in [1.29, 1.82) is 0 Å². The molecule has 0 aromatic heterocycles. The van der Waals surface area contributed by atoms with Crippen molar-refractivity contribution in [1.82, 2.24) is 0 Å². The van der Waals surface area contributed by atoms with E-state index < -0.39 is 0 Å². The first-order valence-electron chi connectivity index (χ1n) is 12.4. The average Bonchev–Trinajstić information content (AvgIpc) is 3.14. The highest BCUT2D eigenvalue weighted by Gasteiger charge is 2.33. The molecule has 2 amide bonds. The maximum Gasteiger partial charge on any atom is 0.270 e. The lowest BCUT2D eigenvalue weighted by atomic mass is 10.1. The van der Waals surface area contributed by atoms with Crippen LogP contribution in [0.15, 0.2) is 53.4 Å². The van der Waals surface area contributed by atoms with E-state index in [4.69, 9.17) is 33.3 Å². The summed E-state index contributed by atoms with van der Waals surface area (Å²) in [5, 5.41) is 3.12. The Labute approximate surface area is 243 Å². The van der Waals surface area contributed by atoms with Crippen LogP contribution in [0.1, 0.15) is 34.7 Å². The molecule has 0 saturated carbocycles. The number of rotatable bonds is 8. The Morgan fingerprint density at radius 3 is 2.49 bits per heavy atom. The molecule has 202 valence electrons. The van der Waals surface area contributed by atoms with Crippen LogP contribution in [-0.2, 0) is 9.59 Å². The van der Waals surface area contributed by atoms with Crippen molar-refractivity contribution in [2.45, 2.75) is 34.6 Å². The molecule has 6 nitrogen and oxygen atoms in total. The summed E-state index contributed by atoms with van der Waals surface area (Å²) in [5.41, 5.74) is 6.40. The summed E-state index contributed by atoms with van der Waals surface area (Å²) < 4.78 is 12.0. The fraction of sp³-hybridized carbons (Fsp3) is 0.233. The van der Waals surface area contributed by atoms with Crippen LogP contribution in [0.25, 0.3) is 6.08 Å². The number of hydrogen-bond donors (Lipinski definition) is 1. The fourth-order valence-electron chi connectivity index (χ4n) is 4.06. The summed E-state index contributed by atoms with van der Waals surface area (Å²) in [7, 11) is 0. The van der Waals surface area contributed by atoms with Gasteiger partial charge in [-0.15, -0.1) is 0 Å². The van der Waals surface area contributed by atoms with Gasteiger partial charge < -0.3 is 14.8 Å². The summed E-state index contributed by atoms with van der Waals surface area (Å²) >= 11 is 13.3. The van der Waals surface area contributed by atoms with E-state index in [1.165, 1.54) is 16.7 Å². The summed E-state index contributed by atoms with van der Waals surface area (Å²) in [6, 6.07) is 15.0. The topological polar surface area (TPSA) is 67.9 Å². The maximum atomic E-state index is 13.3. The summed E-state index contributed by atoms with van der Waals surface area (Å²) in [6.45, 7) is 9.90. The van der Waals surface area contributed by atoms with Crippen LogP contribution >= 0.6 is 35.6 Å². The van der Waals surface area contributed by atoms with Crippen LogP contribution in [0.3, 0.4) is 0 Å². The molecule has 0 radical (unpaired) electrons. The van der Waals surface area contributed by atoms with Gasteiger partial charge in [-0.25, -0.2) is 0 Å². The number of nitrogens with zero attached hydrogens (tertiary/aromatic N) is 1. The van der Waals surface area contributed by atoms with Crippen molar-refractivity contribution >= 4 is 69.2 Å². The van der Waals surface area contributed by atoms with Gasteiger partial charge in [0.25, 0.3) is 11.8 Å². The van der Waals surface area contributed by atoms with Crippen LogP contribution in [0.5, 0.6) is 11.5 Å². The number of ether oxygens (including phenoxy) is 2. The van der Waals surface area contributed by atoms with Crippen molar-refractivity contribution in [2.75, 3.05) is 23.4 Å². The van der Waals surface area contributed by atoms with Gasteiger partial charge in [0.05, 0.1) is 22.2 Å². The van der Waals surface area contributed by atoms with Gasteiger partial charge in [0.1, 0.15) is 0 Å². The van der Waals surface area contributed by atoms with E-state index in [-0.39, 0.29) is 29.2 Å². The number of carbonyl (C=O) groups excluding carboxylic acids is 2. The largest absolute Gasteiger partial charge is 0.490 e. The van der Waals surface area contributed by atoms with E-state index in [1.54, 1.807) is 18.2 Å². The van der Waals surface area contributed by atoms with Gasteiger partial charge in [-0.05, 0) is 93.3 Å². The van der Waals surface area contributed by atoms with Crippen LogP contribution in [0, 0.1) is 27.7 Å². The van der Waals surface area contributed by atoms with Gasteiger partial charge >= 0.3 is 0 Å². The van der Waals surface area contributed by atoms with Gasteiger partial charge in [0.15, 0.2) is 22.4 Å². The Kier molecular flexibility index (Phi) is 9.00. The van der Waals surface area contributed by atoms with Crippen molar-refractivity contribution in [2.24, 2.45) is 0 Å². The minimum absolute atomic E-state index is 0.203. The first-order valence-corrected chi connectivity index (χ1v) is 14.0. The van der Waals surface area contributed by atoms with E-state index in [1.807, 2.05) is 71.0 Å². The number of thioether (sulfide) groups is 1. The van der Waals surface area contributed by atoms with Crippen LogP contribution in [0.4, 0.5) is 11.4 Å². The number of hydrogen-bond acceptors (Lipinski definition) is 6. The molecule has 1 heterocycles. The van der Waals surface area contributed by atoms with Crippen molar-refractivity contribution < 1.29 is 19.1 Å². The zero-order valence-corrected chi connectivity index (χ0v) is 24.8. The number of aryl methyl sites for hydroxylation is 4. The molecule has 1 aliphatic rings. The molecule has 1 fully saturated rings. The molecule has 1 N–H and O–H groups in total. The maximum absolute atomic E-state index is 13.3. The van der Waals surface area contributed by atoms with Gasteiger partial charge in [-0.3, -0.25) is 14.5 Å². The molecule has 9 heteroatoms. The molecule has 4 rings (SSSR count). The highest BCUT2D eigenvalue weighted by molar-refractivity contribution is 8.27. The predicted molar refractivity (Wildman–Crippen MR) is 164 cm³/mol. The molecule has 0 unspecified atom stereocenters. The number of amides is 2. The SMILES string of the molecule is CCOc1cc(/C=C2\SC(=S)N(c3ccc(C)c(C)c3)C2=O)cc(Cl)c1OCC(=O)Nc1ccc(C)cc1C. The summed E-state index contributed by atoms with van der Waals surface area (Å²) in [4.78, 5) is 27.8. The molecular formula is C30H29ClN2O4S2. The average molecular weight is 581 g/mol.